The molecule has 476 valence electrons. The number of carboxylic acids is 1. The van der Waals surface area contributed by atoms with Crippen LogP contribution in [-0.4, -0.2) is 79.4 Å². The molecule has 1 heterocycles. The fourth-order valence-corrected chi connectivity index (χ4v) is 11.4. The minimum atomic E-state index is -1.13. The van der Waals surface area contributed by atoms with E-state index < -0.39 is 29.7 Å². The van der Waals surface area contributed by atoms with Crippen molar-refractivity contribution < 1.29 is 48.0 Å². The number of rotatable bonds is 50. The van der Waals surface area contributed by atoms with Gasteiger partial charge in [-0.25, -0.2) is 0 Å². The van der Waals surface area contributed by atoms with Crippen molar-refractivity contribution >= 4 is 23.8 Å². The molecule has 1 aliphatic heterocycles. The van der Waals surface area contributed by atoms with Gasteiger partial charge in [-0.2, -0.15) is 0 Å². The highest BCUT2D eigenvalue weighted by Gasteiger charge is 2.42. The van der Waals surface area contributed by atoms with Crippen LogP contribution >= 0.6 is 0 Å². The molecule has 0 bridgehead atoms. The van der Waals surface area contributed by atoms with E-state index in [1.165, 1.54) is 116 Å². The third kappa shape index (κ3) is 30.1. The molecule has 3 aromatic rings. The first-order valence-electron chi connectivity index (χ1n) is 33.6. The molecule has 1 aliphatic rings. The summed E-state index contributed by atoms with van der Waals surface area (Å²) in [7, 11) is 3.26. The Kier molecular flexibility index (Phi) is 39.0. The Morgan fingerprint density at radius 1 is 0.512 bits per heavy atom. The topological polar surface area (TPSA) is 138 Å². The summed E-state index contributed by atoms with van der Waals surface area (Å²) in [6.45, 7) is 4.78. The molecule has 0 aliphatic carbocycles. The molecule has 0 unspecified atom stereocenters. The second-order valence-electron chi connectivity index (χ2n) is 23.5. The Morgan fingerprint density at radius 2 is 0.953 bits per heavy atom. The van der Waals surface area contributed by atoms with E-state index in [-0.39, 0.29) is 50.4 Å². The normalized spacial score (nSPS) is 14.6. The van der Waals surface area contributed by atoms with Gasteiger partial charge in [0.25, 0.3) is 0 Å². The third-order valence-corrected chi connectivity index (χ3v) is 16.5. The zero-order valence-electron chi connectivity index (χ0n) is 53.6. The number of nitrogens with zero attached hydrogens (tertiary/aromatic N) is 1. The van der Waals surface area contributed by atoms with Crippen LogP contribution < -0.4 is 9.47 Å². The monoisotopic (exact) mass is 1190 g/mol. The number of unbranched alkanes of at least 4 members (excludes halogenated alkanes) is 21. The smallest absolute Gasteiger partial charge is 0.306 e. The number of esters is 2. The van der Waals surface area contributed by atoms with Gasteiger partial charge in [0.05, 0.1) is 46.3 Å². The van der Waals surface area contributed by atoms with E-state index in [2.05, 4.69) is 62.5 Å². The first-order chi connectivity index (χ1) is 42.1. The zero-order chi connectivity index (χ0) is 61.6. The lowest BCUT2D eigenvalue weighted by molar-refractivity contribution is -0.152. The van der Waals surface area contributed by atoms with Gasteiger partial charge in [-0.15, -0.1) is 0 Å². The van der Waals surface area contributed by atoms with Gasteiger partial charge in [-0.05, 0) is 144 Å². The summed E-state index contributed by atoms with van der Waals surface area (Å²) in [6, 6.07) is 25.0. The summed E-state index contributed by atoms with van der Waals surface area (Å²) < 4.78 is 30.4. The Bertz CT molecular complexity index is 2280. The molecule has 86 heavy (non-hydrogen) atoms. The predicted molar refractivity (Wildman–Crippen MR) is 351 cm³/mol. The Labute approximate surface area is 519 Å². The number of hydrogen-bond acceptors (Lipinski definition) is 9. The number of likely N-dealkylation sites (tertiary alicyclic amines) is 1. The van der Waals surface area contributed by atoms with Crippen molar-refractivity contribution in [1.82, 2.24) is 4.90 Å². The molecule has 11 nitrogen and oxygen atoms in total. The molecule has 1 fully saturated rings. The summed E-state index contributed by atoms with van der Waals surface area (Å²) in [5, 5.41) is 9.25. The van der Waals surface area contributed by atoms with Crippen molar-refractivity contribution in [3.05, 3.63) is 144 Å². The summed E-state index contributed by atoms with van der Waals surface area (Å²) in [5.41, 5.74) is 1.45. The van der Waals surface area contributed by atoms with Crippen LogP contribution in [0.4, 0.5) is 0 Å². The van der Waals surface area contributed by atoms with Gasteiger partial charge in [0.1, 0.15) is 29.3 Å². The molecule has 0 saturated carbocycles. The van der Waals surface area contributed by atoms with Gasteiger partial charge in [0.15, 0.2) is 0 Å². The Morgan fingerprint density at radius 3 is 1.43 bits per heavy atom. The average Bonchev–Trinajstić information content (AvgIpc) is 2.69. The molecule has 3 aromatic carbocycles. The summed E-state index contributed by atoms with van der Waals surface area (Å²) >= 11 is 0. The highest BCUT2D eigenvalue weighted by atomic mass is 16.5. The van der Waals surface area contributed by atoms with Crippen LogP contribution in [0, 0.1) is 0 Å². The molecule has 0 radical (unpaired) electrons. The van der Waals surface area contributed by atoms with Crippen LogP contribution in [0.25, 0.3) is 0 Å². The molecule has 1 N–H and O–H groups in total. The highest BCUT2D eigenvalue weighted by Crippen LogP contribution is 2.42. The number of ether oxygens (including phenoxy) is 5. The van der Waals surface area contributed by atoms with Crippen molar-refractivity contribution in [2.45, 2.75) is 262 Å². The summed E-state index contributed by atoms with van der Waals surface area (Å²) in [4.78, 5) is 53.6. The number of benzene rings is 3. The van der Waals surface area contributed by atoms with Crippen molar-refractivity contribution in [3.8, 4) is 11.5 Å². The maximum absolute atomic E-state index is 14.3. The van der Waals surface area contributed by atoms with Crippen molar-refractivity contribution in [3.63, 3.8) is 0 Å². The van der Waals surface area contributed by atoms with E-state index >= 15 is 0 Å². The number of carboxylic acid groups (broad SMARTS) is 1. The molecule has 11 heteroatoms. The quantitative estimate of drug-likeness (QED) is 0.0252. The molecule has 0 spiro atoms. The number of aliphatic carboxylic acids is 1. The fraction of sp³-hybridized carbons (Fsp3) is 0.600. The van der Waals surface area contributed by atoms with Crippen LogP contribution in [0.5, 0.6) is 11.5 Å². The minimum absolute atomic E-state index is 0.0419. The van der Waals surface area contributed by atoms with Crippen molar-refractivity contribution in [2.75, 3.05) is 27.4 Å². The third-order valence-electron chi connectivity index (χ3n) is 16.5. The zero-order valence-corrected chi connectivity index (χ0v) is 53.6. The maximum atomic E-state index is 14.3. The molecular weight excluding hydrogens is 1070 g/mol. The van der Waals surface area contributed by atoms with Crippen molar-refractivity contribution in [1.29, 1.82) is 0 Å². The van der Waals surface area contributed by atoms with Crippen LogP contribution in [0.15, 0.2) is 127 Å². The standard InChI is InChI=1S/C75H111NO10/c1-5-7-9-11-13-15-17-19-21-23-25-27-29-31-33-40-46-69(47-41-34-32-30-28-26-24-22-20-18-16-14-12-10-8-6-2)85-73(80)49-43-36-35-42-48-71(77)76-61-70(86-74(81)59-58-72(78)79)60-66(76)62-84-75(63-44-38-37-39-45-63,64-50-54-67(82-3)55-51-64)65-52-56-68(83-4)57-53-65/h13-16,19-22,37-39,44-45,50-57,66,69-70H,5-12,17-18,23-36,40-43,46-49,58-62H2,1-4H3,(H,78,79)/b15-13-,16-14-,21-19-,22-20-/t66-,70+/m0/s1. The first-order valence-corrected chi connectivity index (χ1v) is 33.6. The average molecular weight is 1190 g/mol. The lowest BCUT2D eigenvalue weighted by Crippen LogP contribution is -2.42. The Hall–Kier alpha value is -5.94. The predicted octanol–water partition coefficient (Wildman–Crippen LogP) is 19.0. The number of amides is 1. The van der Waals surface area contributed by atoms with Crippen LogP contribution in [0.3, 0.4) is 0 Å². The molecule has 0 aromatic heterocycles. The summed E-state index contributed by atoms with van der Waals surface area (Å²) in [6.07, 6.45) is 52.0. The van der Waals surface area contributed by atoms with Crippen molar-refractivity contribution in [2.24, 2.45) is 0 Å². The van der Waals surface area contributed by atoms with E-state index in [1.54, 1.807) is 19.1 Å². The summed E-state index contributed by atoms with van der Waals surface area (Å²) in [5.74, 6) is -0.492. The SMILES string of the molecule is CCCCC/C=C\C/C=C\CCCCCCCCC(CCCCCCCC/C=C\C/C=C\CCCCC)OC(=O)CCCCCCC(=O)N1C[C@H](OC(=O)CCC(=O)O)C[C@H]1COC(c1ccccc1)(c1ccc(OC)cc1)c1ccc(OC)cc1. The number of hydrogen-bond donors (Lipinski definition) is 1. The van der Waals surface area contributed by atoms with Gasteiger partial charge in [-0.3, -0.25) is 19.2 Å². The lowest BCUT2D eigenvalue weighted by Gasteiger charge is -2.38. The van der Waals surface area contributed by atoms with Gasteiger partial charge >= 0.3 is 17.9 Å². The molecular formula is C75H111NO10. The largest absolute Gasteiger partial charge is 0.497 e. The minimum Gasteiger partial charge on any atom is -0.497 e. The van der Waals surface area contributed by atoms with Gasteiger partial charge in [-0.1, -0.05) is 207 Å². The molecule has 1 amide bonds. The number of carbonyl (C=O) groups excluding carboxylic acids is 3. The van der Waals surface area contributed by atoms with Gasteiger partial charge in [0, 0.05) is 19.3 Å². The van der Waals surface area contributed by atoms with E-state index in [0.29, 0.717) is 37.2 Å². The Balaban J connectivity index is 1.29. The maximum Gasteiger partial charge on any atom is 0.306 e. The van der Waals surface area contributed by atoms with Gasteiger partial charge < -0.3 is 33.7 Å². The van der Waals surface area contributed by atoms with E-state index in [4.69, 9.17) is 23.7 Å². The second-order valence-corrected chi connectivity index (χ2v) is 23.5. The molecule has 1 saturated heterocycles. The number of methoxy groups -OCH3 is 2. The van der Waals surface area contributed by atoms with Crippen LogP contribution in [-0.2, 0) is 39.0 Å². The molecule has 4 rings (SSSR count). The second kappa shape index (κ2) is 46.2. The van der Waals surface area contributed by atoms with E-state index in [1.807, 2.05) is 78.9 Å². The van der Waals surface area contributed by atoms with Crippen LogP contribution in [0.1, 0.15) is 255 Å². The lowest BCUT2D eigenvalue weighted by atomic mass is 9.80. The number of allylic oxidation sites excluding steroid dienone is 8. The number of carbonyl (C=O) groups is 4. The fourth-order valence-electron chi connectivity index (χ4n) is 11.4. The van der Waals surface area contributed by atoms with E-state index in [9.17, 15) is 24.3 Å². The van der Waals surface area contributed by atoms with Crippen LogP contribution in [0.2, 0.25) is 0 Å². The first kappa shape index (κ1) is 72.5. The molecule has 2 atom stereocenters. The van der Waals surface area contributed by atoms with Gasteiger partial charge in [0.2, 0.25) is 5.91 Å². The highest BCUT2D eigenvalue weighted by molar-refractivity contribution is 5.78. The van der Waals surface area contributed by atoms with E-state index in [0.717, 1.165) is 80.9 Å².